The zero-order valence-corrected chi connectivity index (χ0v) is 19.6. The van der Waals surface area contributed by atoms with Crippen molar-refractivity contribution in [1.82, 2.24) is 0 Å². The molecular formula is C25H36O8. The van der Waals surface area contributed by atoms with E-state index in [4.69, 9.17) is 30.6 Å². The summed E-state index contributed by atoms with van der Waals surface area (Å²) in [6, 6.07) is 17.4. The number of carbonyl (C=O) groups is 2. The van der Waals surface area contributed by atoms with E-state index in [-0.39, 0.29) is 29.8 Å². The molecule has 0 aliphatic heterocycles. The highest BCUT2D eigenvalue weighted by atomic mass is 16.4. The molecule has 0 aromatic heterocycles. The van der Waals surface area contributed by atoms with E-state index in [0.29, 0.717) is 11.5 Å². The van der Waals surface area contributed by atoms with Gasteiger partial charge in [0.2, 0.25) is 0 Å². The van der Waals surface area contributed by atoms with E-state index in [1.54, 1.807) is 62.4 Å². The van der Waals surface area contributed by atoms with Crippen LogP contribution in [-0.4, -0.2) is 55.8 Å². The first-order valence-electron chi connectivity index (χ1n) is 9.67. The van der Waals surface area contributed by atoms with Crippen LogP contribution in [0.5, 0.6) is 11.5 Å². The first-order valence-corrected chi connectivity index (χ1v) is 9.67. The number of hydrogen-bond acceptors (Lipinski definition) is 6. The van der Waals surface area contributed by atoms with E-state index in [0.717, 1.165) is 0 Å². The molecule has 33 heavy (non-hydrogen) atoms. The van der Waals surface area contributed by atoms with E-state index < -0.39 is 11.9 Å². The Balaban J connectivity index is -0.000000342. The summed E-state index contributed by atoms with van der Waals surface area (Å²) in [7, 11) is 0. The van der Waals surface area contributed by atoms with E-state index in [1.807, 2.05) is 12.1 Å². The van der Waals surface area contributed by atoms with Gasteiger partial charge < -0.3 is 30.6 Å². The lowest BCUT2D eigenvalue weighted by Gasteiger charge is -2.16. The standard InChI is InChI=1S/2C6H6O.C5H12O2.2C4H6O2/c2*7-6-4-2-1-3-5-6;1-5(2,3-6)4-7;2*1-3(2)4(5)6/h2*1-5,7H;6-7H,3-4H2,1-2H3;2*1H2,2H3,(H,5,6). The normalized spacial score (nSPS) is 8.91. The van der Waals surface area contributed by atoms with E-state index in [1.165, 1.54) is 13.8 Å². The molecule has 0 atom stereocenters. The van der Waals surface area contributed by atoms with Crippen molar-refractivity contribution < 1.29 is 40.2 Å². The molecule has 0 amide bonds. The topological polar surface area (TPSA) is 156 Å². The van der Waals surface area contributed by atoms with Crippen LogP contribution in [0, 0.1) is 5.41 Å². The summed E-state index contributed by atoms with van der Waals surface area (Å²) in [6.45, 7) is 12.9. The maximum atomic E-state index is 9.60. The molecule has 0 saturated carbocycles. The molecule has 2 aromatic carbocycles. The number of benzene rings is 2. The molecule has 0 aliphatic rings. The van der Waals surface area contributed by atoms with Gasteiger partial charge in [0.05, 0.1) is 13.2 Å². The summed E-state index contributed by atoms with van der Waals surface area (Å²) in [6.07, 6.45) is 0. The molecular weight excluding hydrogens is 428 g/mol. The summed E-state index contributed by atoms with van der Waals surface area (Å²) in [5.41, 5.74) is 0.0463. The third-order valence-electron chi connectivity index (χ3n) is 3.10. The fraction of sp³-hybridized carbons (Fsp3) is 0.280. The average Bonchev–Trinajstić information content (AvgIpc) is 2.76. The molecule has 2 aromatic rings. The minimum Gasteiger partial charge on any atom is -0.508 e. The van der Waals surface area contributed by atoms with E-state index in [9.17, 15) is 9.59 Å². The molecule has 0 spiro atoms. The lowest BCUT2D eigenvalue weighted by atomic mass is 9.97. The van der Waals surface area contributed by atoms with E-state index in [2.05, 4.69) is 13.2 Å². The van der Waals surface area contributed by atoms with Gasteiger partial charge in [0, 0.05) is 16.6 Å². The summed E-state index contributed by atoms with van der Waals surface area (Å²) in [5, 5.41) is 49.9. The number of aromatic hydroxyl groups is 2. The number of para-hydroxylation sites is 2. The minimum absolute atomic E-state index is 0.0451. The highest BCUT2D eigenvalue weighted by Gasteiger charge is 2.13. The second kappa shape index (κ2) is 20.3. The predicted octanol–water partition coefficient (Wildman–Crippen LogP) is 4.08. The van der Waals surface area contributed by atoms with Gasteiger partial charge in [-0.3, -0.25) is 0 Å². The van der Waals surface area contributed by atoms with Crippen molar-refractivity contribution in [2.45, 2.75) is 27.7 Å². The Bertz CT molecular complexity index is 708. The molecule has 0 aliphatic carbocycles. The molecule has 2 rings (SSSR count). The van der Waals surface area contributed by atoms with Crippen LogP contribution in [0.3, 0.4) is 0 Å². The molecule has 0 unspecified atom stereocenters. The highest BCUT2D eigenvalue weighted by molar-refractivity contribution is 5.85. The Morgan fingerprint density at radius 2 is 0.909 bits per heavy atom. The molecule has 8 nitrogen and oxygen atoms in total. The van der Waals surface area contributed by atoms with Crippen molar-refractivity contribution in [3.63, 3.8) is 0 Å². The lowest BCUT2D eigenvalue weighted by Crippen LogP contribution is -2.20. The smallest absolute Gasteiger partial charge is 0.330 e. The number of aliphatic hydroxyl groups excluding tert-OH is 2. The van der Waals surface area contributed by atoms with E-state index >= 15 is 0 Å². The lowest BCUT2D eigenvalue weighted by molar-refractivity contribution is -0.133. The van der Waals surface area contributed by atoms with Gasteiger partial charge in [-0.25, -0.2) is 9.59 Å². The number of aliphatic carboxylic acids is 2. The minimum atomic E-state index is -0.935. The zero-order valence-electron chi connectivity index (χ0n) is 19.6. The molecule has 0 fully saturated rings. The average molecular weight is 465 g/mol. The number of rotatable bonds is 4. The number of hydrogen-bond donors (Lipinski definition) is 6. The number of aliphatic hydroxyl groups is 2. The van der Waals surface area contributed by atoms with Crippen molar-refractivity contribution >= 4 is 11.9 Å². The molecule has 0 heterocycles. The largest absolute Gasteiger partial charge is 0.508 e. The second-order valence-electron chi connectivity index (χ2n) is 7.32. The Kier molecular flexibility index (Phi) is 20.9. The third-order valence-corrected chi connectivity index (χ3v) is 3.10. The Hall–Kier alpha value is -3.62. The predicted molar refractivity (Wildman–Crippen MR) is 129 cm³/mol. The highest BCUT2D eigenvalue weighted by Crippen LogP contribution is 2.10. The number of carboxylic acids is 2. The van der Waals surface area contributed by atoms with Crippen LogP contribution in [0.25, 0.3) is 0 Å². The zero-order chi connectivity index (χ0) is 26.4. The van der Waals surface area contributed by atoms with Crippen molar-refractivity contribution in [3.05, 3.63) is 85.0 Å². The molecule has 0 radical (unpaired) electrons. The van der Waals surface area contributed by atoms with Gasteiger partial charge in [0.25, 0.3) is 0 Å². The van der Waals surface area contributed by atoms with Gasteiger partial charge in [-0.2, -0.15) is 0 Å². The molecule has 6 N–H and O–H groups in total. The number of phenolic OH excluding ortho intramolecular Hbond substituents is 2. The van der Waals surface area contributed by atoms with Gasteiger partial charge in [-0.05, 0) is 38.1 Å². The molecule has 0 saturated heterocycles. The van der Waals surface area contributed by atoms with Crippen molar-refractivity contribution in [2.24, 2.45) is 5.41 Å². The van der Waals surface area contributed by atoms with Crippen LogP contribution >= 0.6 is 0 Å². The molecule has 184 valence electrons. The summed E-state index contributed by atoms with van der Waals surface area (Å²) in [4.78, 5) is 19.2. The number of carboxylic acid groups (broad SMARTS) is 2. The maximum Gasteiger partial charge on any atom is 0.330 e. The van der Waals surface area contributed by atoms with Crippen LogP contribution < -0.4 is 0 Å². The Labute approximate surface area is 195 Å². The van der Waals surface area contributed by atoms with Crippen LogP contribution in [0.15, 0.2) is 85.0 Å². The molecule has 0 bridgehead atoms. The quantitative estimate of drug-likeness (QED) is 0.370. The van der Waals surface area contributed by atoms with Crippen molar-refractivity contribution in [2.75, 3.05) is 13.2 Å². The first kappa shape index (κ1) is 34.0. The van der Waals surface area contributed by atoms with Gasteiger partial charge in [-0.1, -0.05) is 63.4 Å². The summed E-state index contributed by atoms with van der Waals surface area (Å²) < 4.78 is 0. The van der Waals surface area contributed by atoms with Crippen LogP contribution in [0.1, 0.15) is 27.7 Å². The van der Waals surface area contributed by atoms with Crippen LogP contribution in [0.4, 0.5) is 0 Å². The van der Waals surface area contributed by atoms with Gasteiger partial charge >= 0.3 is 11.9 Å². The van der Waals surface area contributed by atoms with Crippen LogP contribution in [0.2, 0.25) is 0 Å². The molecule has 8 heteroatoms. The Morgan fingerprint density at radius 1 is 0.697 bits per heavy atom. The second-order valence-corrected chi connectivity index (χ2v) is 7.32. The summed E-state index contributed by atoms with van der Waals surface area (Å²) in [5.74, 6) is -1.23. The van der Waals surface area contributed by atoms with Crippen molar-refractivity contribution in [1.29, 1.82) is 0 Å². The van der Waals surface area contributed by atoms with Gasteiger partial charge in [-0.15, -0.1) is 0 Å². The maximum absolute atomic E-state index is 9.60. The van der Waals surface area contributed by atoms with Gasteiger partial charge in [0.15, 0.2) is 0 Å². The fourth-order valence-corrected chi connectivity index (χ4v) is 0.906. The first-order chi connectivity index (χ1) is 15.2. The van der Waals surface area contributed by atoms with Gasteiger partial charge in [0.1, 0.15) is 11.5 Å². The van der Waals surface area contributed by atoms with Crippen molar-refractivity contribution in [3.8, 4) is 11.5 Å². The number of phenols is 2. The summed E-state index contributed by atoms with van der Waals surface area (Å²) >= 11 is 0. The Morgan fingerprint density at radius 3 is 0.970 bits per heavy atom. The monoisotopic (exact) mass is 464 g/mol. The fourth-order valence-electron chi connectivity index (χ4n) is 0.906. The van der Waals surface area contributed by atoms with Crippen LogP contribution in [-0.2, 0) is 9.59 Å². The SMILES string of the molecule is C=C(C)C(=O)O.C=C(C)C(=O)O.CC(C)(CO)CO.Oc1ccccc1.Oc1ccccc1. The third kappa shape index (κ3) is 28.4.